The van der Waals surface area contributed by atoms with Crippen molar-refractivity contribution in [2.24, 2.45) is 11.8 Å². The van der Waals surface area contributed by atoms with E-state index in [1.807, 2.05) is 0 Å². The van der Waals surface area contributed by atoms with Crippen LogP contribution < -0.4 is 5.32 Å². The molecule has 1 fully saturated rings. The molecule has 128 valence electrons. The normalized spacial score (nSPS) is 35.8. The molecular formula is C14H20FN3O4S. The summed E-state index contributed by atoms with van der Waals surface area (Å²) in [6.45, 7) is 5.81. The Morgan fingerprint density at radius 1 is 1.39 bits per heavy atom. The molecule has 7 nitrogen and oxygen atoms in total. The average Bonchev–Trinajstić information content (AvgIpc) is 2.35. The molecular weight excluding hydrogens is 325 g/mol. The Balaban J connectivity index is 2.50. The van der Waals surface area contributed by atoms with Crippen LogP contribution in [0.5, 0.6) is 0 Å². The van der Waals surface area contributed by atoms with E-state index in [2.05, 4.69) is 5.32 Å². The highest BCUT2D eigenvalue weighted by Crippen LogP contribution is 2.43. The van der Waals surface area contributed by atoms with Gasteiger partial charge < -0.3 is 5.32 Å². The Labute approximate surface area is 134 Å². The first kappa shape index (κ1) is 17.6. The summed E-state index contributed by atoms with van der Waals surface area (Å²) in [5.74, 6) is -3.13. The Bertz CT molecular complexity index is 741. The molecule has 1 aliphatic carbocycles. The quantitative estimate of drug-likeness (QED) is 0.585. The zero-order valence-electron chi connectivity index (χ0n) is 13.4. The number of nitrogens with one attached hydrogen (secondary N) is 2. The van der Waals surface area contributed by atoms with Crippen molar-refractivity contribution in [1.29, 1.82) is 5.41 Å². The number of halogens is 1. The molecule has 2 N–H and O–H groups in total. The molecule has 1 aliphatic heterocycles. The van der Waals surface area contributed by atoms with Gasteiger partial charge in [-0.1, -0.05) is 6.92 Å². The smallest absolute Gasteiger partial charge is 0.249 e. The molecule has 0 amide bonds. The van der Waals surface area contributed by atoms with E-state index in [9.17, 15) is 22.9 Å². The number of nitro groups is 1. The molecule has 1 saturated heterocycles. The van der Waals surface area contributed by atoms with Crippen LogP contribution in [-0.2, 0) is 9.84 Å². The minimum Gasteiger partial charge on any atom is -0.366 e. The molecule has 0 bridgehead atoms. The number of hydrogen-bond acceptors (Lipinski definition) is 5. The fourth-order valence-electron chi connectivity index (χ4n) is 3.28. The van der Waals surface area contributed by atoms with Gasteiger partial charge in [0.1, 0.15) is 16.4 Å². The third-order valence-electron chi connectivity index (χ3n) is 4.85. The SMILES string of the molecule is CC1C([N+](=O)[O-])=CC=C(F)C1[C@]1(C)CS(=O)(=O)C(C)(C)C(=N)N1. The van der Waals surface area contributed by atoms with Gasteiger partial charge in [-0.2, -0.15) is 0 Å². The summed E-state index contributed by atoms with van der Waals surface area (Å²) in [5, 5.41) is 21.9. The predicted octanol–water partition coefficient (Wildman–Crippen LogP) is 1.80. The summed E-state index contributed by atoms with van der Waals surface area (Å²) in [6, 6.07) is 0. The summed E-state index contributed by atoms with van der Waals surface area (Å²) in [7, 11) is -3.72. The molecule has 0 aromatic heterocycles. The molecule has 9 heteroatoms. The lowest BCUT2D eigenvalue weighted by Gasteiger charge is -2.48. The van der Waals surface area contributed by atoms with Crippen molar-refractivity contribution in [2.75, 3.05) is 5.75 Å². The summed E-state index contributed by atoms with van der Waals surface area (Å²) < 4.78 is 38.1. The Morgan fingerprint density at radius 3 is 2.43 bits per heavy atom. The zero-order chi connectivity index (χ0) is 17.8. The minimum absolute atomic E-state index is 0.173. The van der Waals surface area contributed by atoms with Gasteiger partial charge in [0.15, 0.2) is 9.84 Å². The molecule has 23 heavy (non-hydrogen) atoms. The first-order valence-electron chi connectivity index (χ1n) is 7.14. The van der Waals surface area contributed by atoms with Crippen LogP contribution in [0, 0.1) is 27.4 Å². The number of rotatable bonds is 2. The molecule has 2 aliphatic rings. The van der Waals surface area contributed by atoms with Crippen LogP contribution in [0.2, 0.25) is 0 Å². The van der Waals surface area contributed by atoms with Gasteiger partial charge >= 0.3 is 0 Å². The highest BCUT2D eigenvalue weighted by molar-refractivity contribution is 7.93. The maximum Gasteiger partial charge on any atom is 0.249 e. The summed E-state index contributed by atoms with van der Waals surface area (Å²) in [5.41, 5.74) is -1.51. The molecule has 0 aromatic rings. The number of hydrogen-bond donors (Lipinski definition) is 2. The van der Waals surface area contributed by atoms with Crippen molar-refractivity contribution in [3.8, 4) is 0 Å². The van der Waals surface area contributed by atoms with Gasteiger partial charge in [-0.25, -0.2) is 12.8 Å². The molecule has 0 spiro atoms. The minimum atomic E-state index is -3.72. The maximum absolute atomic E-state index is 14.4. The highest BCUT2D eigenvalue weighted by atomic mass is 32.2. The van der Waals surface area contributed by atoms with E-state index in [0.717, 1.165) is 12.2 Å². The van der Waals surface area contributed by atoms with E-state index in [-0.39, 0.29) is 11.5 Å². The van der Waals surface area contributed by atoms with E-state index < -0.39 is 48.5 Å². The summed E-state index contributed by atoms with van der Waals surface area (Å²) in [4.78, 5) is 10.5. The Morgan fingerprint density at radius 2 is 1.96 bits per heavy atom. The Hall–Kier alpha value is -1.77. The van der Waals surface area contributed by atoms with Crippen LogP contribution in [0.3, 0.4) is 0 Å². The average molecular weight is 345 g/mol. The fraction of sp³-hybridized carbons (Fsp3) is 0.643. The van der Waals surface area contributed by atoms with Crippen molar-refractivity contribution < 1.29 is 17.7 Å². The molecule has 3 atom stereocenters. The van der Waals surface area contributed by atoms with E-state index in [1.165, 1.54) is 27.7 Å². The molecule has 2 rings (SSSR count). The Kier molecular flexibility index (Phi) is 3.91. The molecule has 0 saturated carbocycles. The summed E-state index contributed by atoms with van der Waals surface area (Å²) in [6.07, 6.45) is 2.11. The monoisotopic (exact) mass is 345 g/mol. The van der Waals surface area contributed by atoms with Gasteiger partial charge in [0.05, 0.1) is 22.1 Å². The second-order valence-corrected chi connectivity index (χ2v) is 9.39. The van der Waals surface area contributed by atoms with Crippen molar-refractivity contribution in [3.05, 3.63) is 33.8 Å². The third kappa shape index (κ3) is 2.56. The van der Waals surface area contributed by atoms with Gasteiger partial charge in [-0.3, -0.25) is 15.5 Å². The van der Waals surface area contributed by atoms with Crippen molar-refractivity contribution in [2.45, 2.75) is 38.0 Å². The number of allylic oxidation sites excluding steroid dienone is 3. The van der Waals surface area contributed by atoms with E-state index >= 15 is 0 Å². The second kappa shape index (κ2) is 5.12. The van der Waals surface area contributed by atoms with Crippen molar-refractivity contribution >= 4 is 15.7 Å². The topological polar surface area (TPSA) is 113 Å². The van der Waals surface area contributed by atoms with E-state index in [1.54, 1.807) is 0 Å². The predicted molar refractivity (Wildman–Crippen MR) is 84.1 cm³/mol. The van der Waals surface area contributed by atoms with Crippen LogP contribution in [0.25, 0.3) is 0 Å². The molecule has 1 heterocycles. The standard InChI is InChI=1S/C14H20FN3O4S/c1-8-10(18(19)20)6-5-9(15)11(8)14(4)7-23(21,22)13(2,3)12(16)17-14/h5-6,8,11H,7H2,1-4H3,(H2,16,17)/t8?,11?,14-/m0/s1. The van der Waals surface area contributed by atoms with Gasteiger partial charge in [0, 0.05) is 12.0 Å². The van der Waals surface area contributed by atoms with E-state index in [0.29, 0.717) is 0 Å². The third-order valence-corrected chi connectivity index (χ3v) is 7.59. The number of amidine groups is 1. The molecule has 0 radical (unpaired) electrons. The van der Waals surface area contributed by atoms with Crippen LogP contribution in [0.1, 0.15) is 27.7 Å². The number of sulfone groups is 1. The molecule has 0 aromatic carbocycles. The molecule has 2 unspecified atom stereocenters. The largest absolute Gasteiger partial charge is 0.366 e. The van der Waals surface area contributed by atoms with Crippen molar-refractivity contribution in [3.63, 3.8) is 0 Å². The zero-order valence-corrected chi connectivity index (χ0v) is 14.2. The van der Waals surface area contributed by atoms with Crippen molar-refractivity contribution in [1.82, 2.24) is 5.32 Å². The maximum atomic E-state index is 14.4. The van der Waals surface area contributed by atoms with Crippen LogP contribution >= 0.6 is 0 Å². The lowest BCUT2D eigenvalue weighted by molar-refractivity contribution is -0.435. The van der Waals surface area contributed by atoms with Gasteiger partial charge in [0.25, 0.3) is 0 Å². The van der Waals surface area contributed by atoms with Crippen LogP contribution in [0.15, 0.2) is 23.7 Å². The first-order chi connectivity index (χ1) is 10.3. The van der Waals surface area contributed by atoms with Gasteiger partial charge in [0.2, 0.25) is 5.70 Å². The lowest BCUT2D eigenvalue weighted by atomic mass is 9.73. The van der Waals surface area contributed by atoms with Crippen LogP contribution in [0.4, 0.5) is 4.39 Å². The van der Waals surface area contributed by atoms with Crippen LogP contribution in [-0.4, -0.2) is 35.2 Å². The summed E-state index contributed by atoms with van der Waals surface area (Å²) >= 11 is 0. The second-order valence-electron chi connectivity index (χ2n) is 6.85. The first-order valence-corrected chi connectivity index (χ1v) is 8.80. The lowest BCUT2D eigenvalue weighted by Crippen LogP contribution is -2.69. The highest BCUT2D eigenvalue weighted by Gasteiger charge is 2.56. The van der Waals surface area contributed by atoms with Gasteiger partial charge in [-0.05, 0) is 26.8 Å². The number of nitrogens with zero attached hydrogens (tertiary/aromatic N) is 1. The van der Waals surface area contributed by atoms with Gasteiger partial charge in [-0.15, -0.1) is 0 Å². The fourth-order valence-corrected chi connectivity index (χ4v) is 5.05. The van der Waals surface area contributed by atoms with E-state index in [4.69, 9.17) is 5.41 Å².